The number of nitriles is 1. The molecule has 7 heteroatoms. The number of amides is 1. The van der Waals surface area contributed by atoms with E-state index in [0.717, 1.165) is 5.56 Å². The van der Waals surface area contributed by atoms with Crippen LogP contribution in [-0.4, -0.2) is 40.2 Å². The normalized spacial score (nSPS) is 16.5. The molecule has 122 valence electrons. The van der Waals surface area contributed by atoms with E-state index in [1.165, 1.54) is 12.4 Å². The molecule has 1 unspecified atom stereocenters. The van der Waals surface area contributed by atoms with Crippen LogP contribution in [0.25, 0.3) is 0 Å². The first kappa shape index (κ1) is 15.7. The van der Waals surface area contributed by atoms with Gasteiger partial charge in [-0.1, -0.05) is 30.3 Å². The number of benzene rings is 1. The second kappa shape index (κ2) is 7.42. The minimum atomic E-state index is -0.371. The van der Waals surface area contributed by atoms with E-state index in [1.807, 2.05) is 36.4 Å². The maximum absolute atomic E-state index is 12.1. The van der Waals surface area contributed by atoms with Gasteiger partial charge >= 0.3 is 6.09 Å². The van der Waals surface area contributed by atoms with Crippen LogP contribution < -0.4 is 4.74 Å². The van der Waals surface area contributed by atoms with Crippen LogP contribution in [-0.2, 0) is 11.3 Å². The molecular weight excluding hydrogens is 308 g/mol. The van der Waals surface area contributed by atoms with Crippen molar-refractivity contribution in [2.24, 2.45) is 0 Å². The van der Waals surface area contributed by atoms with Gasteiger partial charge in [0, 0.05) is 25.4 Å². The first-order valence-corrected chi connectivity index (χ1v) is 7.59. The Kier molecular flexibility index (Phi) is 4.87. The summed E-state index contributed by atoms with van der Waals surface area (Å²) in [5.41, 5.74) is 1.08. The molecule has 0 bridgehead atoms. The van der Waals surface area contributed by atoms with Gasteiger partial charge in [0.25, 0.3) is 5.88 Å². The van der Waals surface area contributed by atoms with Crippen molar-refractivity contribution >= 4 is 6.09 Å². The van der Waals surface area contributed by atoms with E-state index in [9.17, 15) is 4.79 Å². The lowest BCUT2D eigenvalue weighted by molar-refractivity contribution is 0.0987. The number of carbonyl (C=O) groups excluding carboxylic acids is 1. The van der Waals surface area contributed by atoms with Gasteiger partial charge in [0.05, 0.1) is 6.54 Å². The fourth-order valence-electron chi connectivity index (χ4n) is 2.45. The van der Waals surface area contributed by atoms with E-state index < -0.39 is 0 Å². The highest BCUT2D eigenvalue weighted by Crippen LogP contribution is 2.19. The molecule has 24 heavy (non-hydrogen) atoms. The fraction of sp³-hybridized carbons (Fsp3) is 0.294. The van der Waals surface area contributed by atoms with Crippen molar-refractivity contribution in [2.45, 2.75) is 19.1 Å². The van der Waals surface area contributed by atoms with Crippen LogP contribution >= 0.6 is 0 Å². The summed E-state index contributed by atoms with van der Waals surface area (Å²) in [6.45, 7) is 1.18. The summed E-state index contributed by atoms with van der Waals surface area (Å²) in [5, 5.41) is 8.99. The molecule has 0 radical (unpaired) electrons. The summed E-state index contributed by atoms with van der Waals surface area (Å²) in [7, 11) is 0. The van der Waals surface area contributed by atoms with Crippen LogP contribution in [0.1, 0.15) is 17.7 Å². The monoisotopic (exact) mass is 324 g/mol. The van der Waals surface area contributed by atoms with Crippen molar-refractivity contribution in [2.75, 3.05) is 13.1 Å². The molecule has 0 saturated carbocycles. The van der Waals surface area contributed by atoms with E-state index in [1.54, 1.807) is 4.90 Å². The average Bonchev–Trinajstić information content (AvgIpc) is 3.10. The zero-order valence-electron chi connectivity index (χ0n) is 13.0. The van der Waals surface area contributed by atoms with E-state index in [0.29, 0.717) is 19.5 Å². The van der Waals surface area contributed by atoms with Gasteiger partial charge in [-0.3, -0.25) is 0 Å². The molecule has 1 fully saturated rings. The summed E-state index contributed by atoms with van der Waals surface area (Å²) in [5.74, 6) is 0.199. The number of nitrogens with zero attached hydrogens (tertiary/aromatic N) is 4. The average molecular weight is 324 g/mol. The van der Waals surface area contributed by atoms with Crippen molar-refractivity contribution in [3.63, 3.8) is 0 Å². The lowest BCUT2D eigenvalue weighted by atomic mass is 10.2. The standard InChI is InChI=1S/C17H16N4O3/c18-10-15-16(20-8-7-19-15)24-14-6-9-21(11-14)17(22)23-12-13-4-2-1-3-5-13/h1-5,7-8,14H,6,9,11-12H2. The Morgan fingerprint density at radius 2 is 2.08 bits per heavy atom. The van der Waals surface area contributed by atoms with Crippen LogP contribution in [0.5, 0.6) is 5.88 Å². The van der Waals surface area contributed by atoms with Crippen LogP contribution in [0, 0.1) is 11.3 Å². The fourth-order valence-corrected chi connectivity index (χ4v) is 2.45. The topological polar surface area (TPSA) is 88.3 Å². The highest BCUT2D eigenvalue weighted by molar-refractivity contribution is 5.68. The first-order valence-electron chi connectivity index (χ1n) is 7.59. The zero-order chi connectivity index (χ0) is 16.8. The number of rotatable bonds is 4. The first-order chi connectivity index (χ1) is 11.8. The third-order valence-electron chi connectivity index (χ3n) is 3.66. The minimum absolute atomic E-state index is 0.141. The molecule has 0 N–H and O–H groups in total. The molecule has 1 aliphatic rings. The number of carbonyl (C=O) groups is 1. The molecular formula is C17H16N4O3. The predicted molar refractivity (Wildman–Crippen MR) is 84.0 cm³/mol. The highest BCUT2D eigenvalue weighted by atomic mass is 16.6. The van der Waals surface area contributed by atoms with Crippen molar-refractivity contribution in [3.05, 3.63) is 54.0 Å². The molecule has 1 atom stereocenters. The van der Waals surface area contributed by atoms with E-state index >= 15 is 0 Å². The van der Waals surface area contributed by atoms with Crippen LogP contribution in [0.2, 0.25) is 0 Å². The third-order valence-corrected chi connectivity index (χ3v) is 3.66. The number of likely N-dealkylation sites (tertiary alicyclic amines) is 1. The molecule has 0 aliphatic carbocycles. The Hall–Kier alpha value is -3.14. The Balaban J connectivity index is 1.51. The molecule has 2 heterocycles. The molecule has 1 aromatic carbocycles. The van der Waals surface area contributed by atoms with Crippen molar-refractivity contribution in [3.8, 4) is 11.9 Å². The Morgan fingerprint density at radius 3 is 2.88 bits per heavy atom. The van der Waals surface area contributed by atoms with Gasteiger partial charge in [0.15, 0.2) is 0 Å². The summed E-state index contributed by atoms with van der Waals surface area (Å²) < 4.78 is 11.0. The summed E-state index contributed by atoms with van der Waals surface area (Å²) >= 11 is 0. The molecule has 2 aromatic rings. The molecule has 1 aromatic heterocycles. The van der Waals surface area contributed by atoms with Gasteiger partial charge in [-0.05, 0) is 5.56 Å². The maximum atomic E-state index is 12.1. The summed E-state index contributed by atoms with van der Waals surface area (Å²) in [6.07, 6.45) is 2.97. The number of hydrogen-bond acceptors (Lipinski definition) is 6. The second-order valence-electron chi connectivity index (χ2n) is 5.34. The molecule has 0 spiro atoms. The predicted octanol–water partition coefficient (Wildman–Crippen LogP) is 2.14. The number of hydrogen-bond donors (Lipinski definition) is 0. The molecule has 7 nitrogen and oxygen atoms in total. The highest BCUT2D eigenvalue weighted by Gasteiger charge is 2.29. The van der Waals surface area contributed by atoms with Crippen LogP contribution in [0.15, 0.2) is 42.7 Å². The lowest BCUT2D eigenvalue weighted by Gasteiger charge is -2.17. The van der Waals surface area contributed by atoms with Gasteiger partial charge < -0.3 is 14.4 Å². The van der Waals surface area contributed by atoms with Gasteiger partial charge in [0.1, 0.15) is 18.8 Å². The Bertz CT molecular complexity index is 745. The second-order valence-corrected chi connectivity index (χ2v) is 5.34. The van der Waals surface area contributed by atoms with Crippen molar-refractivity contribution in [1.82, 2.24) is 14.9 Å². The smallest absolute Gasteiger partial charge is 0.410 e. The van der Waals surface area contributed by atoms with Gasteiger partial charge in [-0.2, -0.15) is 5.26 Å². The molecule has 3 rings (SSSR count). The maximum Gasteiger partial charge on any atom is 0.410 e. The minimum Gasteiger partial charge on any atom is -0.470 e. The van der Waals surface area contributed by atoms with Crippen LogP contribution in [0.4, 0.5) is 4.79 Å². The molecule has 1 saturated heterocycles. The third kappa shape index (κ3) is 3.79. The van der Waals surface area contributed by atoms with Crippen LogP contribution in [0.3, 0.4) is 0 Å². The van der Waals surface area contributed by atoms with E-state index in [2.05, 4.69) is 9.97 Å². The SMILES string of the molecule is N#Cc1nccnc1OC1CCN(C(=O)OCc2ccccc2)C1. The molecule has 1 amide bonds. The van der Waals surface area contributed by atoms with Gasteiger partial charge in [0.2, 0.25) is 5.69 Å². The zero-order valence-corrected chi connectivity index (χ0v) is 13.0. The van der Waals surface area contributed by atoms with Crippen molar-refractivity contribution < 1.29 is 14.3 Å². The quantitative estimate of drug-likeness (QED) is 0.856. The molecule has 1 aliphatic heterocycles. The Labute approximate surface area is 139 Å². The Morgan fingerprint density at radius 1 is 1.29 bits per heavy atom. The summed E-state index contributed by atoms with van der Waals surface area (Å²) in [6, 6.07) is 11.5. The van der Waals surface area contributed by atoms with E-state index in [-0.39, 0.29) is 30.4 Å². The summed E-state index contributed by atoms with van der Waals surface area (Å²) in [4.78, 5) is 21.6. The van der Waals surface area contributed by atoms with Gasteiger partial charge in [-0.15, -0.1) is 0 Å². The lowest BCUT2D eigenvalue weighted by Crippen LogP contribution is -2.31. The number of aromatic nitrogens is 2. The van der Waals surface area contributed by atoms with Gasteiger partial charge in [-0.25, -0.2) is 14.8 Å². The van der Waals surface area contributed by atoms with Crippen molar-refractivity contribution in [1.29, 1.82) is 5.26 Å². The number of ether oxygens (including phenoxy) is 2. The van der Waals surface area contributed by atoms with E-state index in [4.69, 9.17) is 14.7 Å². The largest absolute Gasteiger partial charge is 0.470 e.